The van der Waals surface area contributed by atoms with E-state index in [1.54, 1.807) is 7.11 Å². The molecule has 1 heterocycles. The van der Waals surface area contributed by atoms with Crippen molar-refractivity contribution in [2.45, 2.75) is 38.1 Å². The zero-order valence-corrected chi connectivity index (χ0v) is 13.2. The number of halogens is 1. The zero-order valence-electron chi connectivity index (χ0n) is 12.4. The second-order valence-corrected chi connectivity index (χ2v) is 5.86. The van der Waals surface area contributed by atoms with E-state index in [4.69, 9.17) is 10.5 Å². The Morgan fingerprint density at radius 3 is 2.90 bits per heavy atom. The van der Waals surface area contributed by atoms with Crippen molar-refractivity contribution in [3.8, 4) is 5.75 Å². The maximum absolute atomic E-state index is 12.7. The molecule has 1 amide bonds. The minimum Gasteiger partial charge on any atom is -0.497 e. The maximum Gasteiger partial charge on any atom is 0.230 e. The topological polar surface area (TPSA) is 55.6 Å². The van der Waals surface area contributed by atoms with E-state index >= 15 is 0 Å². The molecular formula is C16H23ClN2O2. The van der Waals surface area contributed by atoms with Crippen LogP contribution < -0.4 is 15.4 Å². The number of rotatable bonds is 2. The largest absolute Gasteiger partial charge is 0.497 e. The Balaban J connectivity index is 0.00000161. The third-order valence-corrected chi connectivity index (χ3v) is 4.51. The number of fused-ring (bicyclic) bond motifs is 1. The fourth-order valence-electron chi connectivity index (χ4n) is 3.41. The van der Waals surface area contributed by atoms with Crippen molar-refractivity contribution in [2.24, 2.45) is 11.7 Å². The molecule has 4 nitrogen and oxygen atoms in total. The molecule has 2 unspecified atom stereocenters. The van der Waals surface area contributed by atoms with Gasteiger partial charge >= 0.3 is 0 Å². The van der Waals surface area contributed by atoms with E-state index in [9.17, 15) is 4.79 Å². The highest BCUT2D eigenvalue weighted by Gasteiger charge is 2.32. The van der Waals surface area contributed by atoms with Crippen LogP contribution in [-0.4, -0.2) is 25.6 Å². The minimum absolute atomic E-state index is 0. The molecule has 1 saturated carbocycles. The van der Waals surface area contributed by atoms with Crippen molar-refractivity contribution in [2.75, 3.05) is 18.6 Å². The summed E-state index contributed by atoms with van der Waals surface area (Å²) in [6.45, 7) is 0.785. The number of nitrogens with zero attached hydrogens (tertiary/aromatic N) is 1. The SMILES string of the molecule is COc1ccc2c(c1)CCN2C(=O)C1CCCC(N)C1.Cl. The molecule has 1 aromatic rings. The lowest BCUT2D eigenvalue weighted by Gasteiger charge is -2.29. The normalized spacial score (nSPS) is 24.2. The Bertz CT molecular complexity index is 521. The molecule has 2 atom stereocenters. The highest BCUT2D eigenvalue weighted by molar-refractivity contribution is 5.97. The van der Waals surface area contributed by atoms with Crippen LogP contribution in [-0.2, 0) is 11.2 Å². The number of anilines is 1. The summed E-state index contributed by atoms with van der Waals surface area (Å²) < 4.78 is 5.25. The molecule has 0 bridgehead atoms. The third-order valence-electron chi connectivity index (χ3n) is 4.51. The van der Waals surface area contributed by atoms with E-state index in [2.05, 4.69) is 0 Å². The van der Waals surface area contributed by atoms with Crippen LogP contribution in [0, 0.1) is 5.92 Å². The summed E-state index contributed by atoms with van der Waals surface area (Å²) in [5, 5.41) is 0. The average Bonchev–Trinajstić information content (AvgIpc) is 2.89. The van der Waals surface area contributed by atoms with E-state index in [0.717, 1.165) is 50.1 Å². The lowest BCUT2D eigenvalue weighted by Crippen LogP contribution is -2.40. The molecule has 0 radical (unpaired) electrons. The second-order valence-electron chi connectivity index (χ2n) is 5.86. The summed E-state index contributed by atoms with van der Waals surface area (Å²) >= 11 is 0. The van der Waals surface area contributed by atoms with E-state index in [0.29, 0.717) is 0 Å². The van der Waals surface area contributed by atoms with Gasteiger partial charge in [-0.2, -0.15) is 0 Å². The van der Waals surface area contributed by atoms with Gasteiger partial charge in [-0.05, 0) is 49.4 Å². The Hall–Kier alpha value is -1.26. The van der Waals surface area contributed by atoms with Gasteiger partial charge in [0.05, 0.1) is 7.11 Å². The summed E-state index contributed by atoms with van der Waals surface area (Å²) in [6, 6.07) is 6.16. The van der Waals surface area contributed by atoms with Crippen LogP contribution in [0.3, 0.4) is 0 Å². The van der Waals surface area contributed by atoms with Gasteiger partial charge in [0.2, 0.25) is 5.91 Å². The van der Waals surface area contributed by atoms with Crippen molar-refractivity contribution in [1.29, 1.82) is 0 Å². The fraction of sp³-hybridized carbons (Fsp3) is 0.562. The highest BCUT2D eigenvalue weighted by atomic mass is 35.5. The summed E-state index contributed by atoms with van der Waals surface area (Å²) in [4.78, 5) is 14.6. The number of benzene rings is 1. The Morgan fingerprint density at radius 1 is 1.38 bits per heavy atom. The summed E-state index contributed by atoms with van der Waals surface area (Å²) in [5.41, 5.74) is 8.26. The number of methoxy groups -OCH3 is 1. The molecule has 1 aliphatic heterocycles. The van der Waals surface area contributed by atoms with Crippen molar-refractivity contribution in [3.05, 3.63) is 23.8 Å². The van der Waals surface area contributed by atoms with Crippen molar-refractivity contribution >= 4 is 24.0 Å². The van der Waals surface area contributed by atoms with Gasteiger partial charge in [0, 0.05) is 24.2 Å². The predicted octanol–water partition coefficient (Wildman–Crippen LogP) is 2.52. The van der Waals surface area contributed by atoms with E-state index in [-0.39, 0.29) is 30.3 Å². The molecule has 2 N–H and O–H groups in total. The van der Waals surface area contributed by atoms with Gasteiger partial charge in [0.15, 0.2) is 0 Å². The first-order chi connectivity index (χ1) is 9.69. The predicted molar refractivity (Wildman–Crippen MR) is 86.2 cm³/mol. The van der Waals surface area contributed by atoms with Crippen LogP contribution in [0.4, 0.5) is 5.69 Å². The molecule has 116 valence electrons. The molecule has 0 saturated heterocycles. The van der Waals surface area contributed by atoms with Gasteiger partial charge in [-0.15, -0.1) is 12.4 Å². The van der Waals surface area contributed by atoms with Crippen LogP contribution in [0.1, 0.15) is 31.2 Å². The molecule has 1 fully saturated rings. The average molecular weight is 311 g/mol. The number of hydrogen-bond acceptors (Lipinski definition) is 3. The third kappa shape index (κ3) is 3.16. The summed E-state index contributed by atoms with van der Waals surface area (Å²) in [6.07, 6.45) is 4.85. The lowest BCUT2D eigenvalue weighted by molar-refractivity contribution is -0.123. The Labute approximate surface area is 132 Å². The van der Waals surface area contributed by atoms with Crippen molar-refractivity contribution in [3.63, 3.8) is 0 Å². The first-order valence-electron chi connectivity index (χ1n) is 7.43. The van der Waals surface area contributed by atoms with Crippen LogP contribution in [0.5, 0.6) is 5.75 Å². The Morgan fingerprint density at radius 2 is 2.19 bits per heavy atom. The van der Waals surface area contributed by atoms with Gasteiger partial charge in [-0.1, -0.05) is 6.42 Å². The summed E-state index contributed by atoms with van der Waals surface area (Å²) in [7, 11) is 1.67. The smallest absolute Gasteiger partial charge is 0.230 e. The van der Waals surface area contributed by atoms with Gasteiger partial charge in [-0.25, -0.2) is 0 Å². The minimum atomic E-state index is 0. The fourth-order valence-corrected chi connectivity index (χ4v) is 3.41. The molecule has 3 rings (SSSR count). The first-order valence-corrected chi connectivity index (χ1v) is 7.43. The highest BCUT2D eigenvalue weighted by Crippen LogP contribution is 2.34. The number of hydrogen-bond donors (Lipinski definition) is 1. The molecule has 1 aromatic carbocycles. The van der Waals surface area contributed by atoms with Crippen molar-refractivity contribution < 1.29 is 9.53 Å². The number of carbonyl (C=O) groups is 1. The first kappa shape index (κ1) is 16.1. The van der Waals surface area contributed by atoms with Gasteiger partial charge in [-0.3, -0.25) is 4.79 Å². The zero-order chi connectivity index (χ0) is 14.1. The molecular weight excluding hydrogens is 288 g/mol. The van der Waals surface area contributed by atoms with Gasteiger partial charge < -0.3 is 15.4 Å². The van der Waals surface area contributed by atoms with Crippen LogP contribution in [0.15, 0.2) is 18.2 Å². The maximum atomic E-state index is 12.7. The van der Waals surface area contributed by atoms with E-state index < -0.39 is 0 Å². The van der Waals surface area contributed by atoms with Crippen molar-refractivity contribution in [1.82, 2.24) is 0 Å². The van der Waals surface area contributed by atoms with E-state index in [1.807, 2.05) is 23.1 Å². The number of nitrogens with two attached hydrogens (primary N) is 1. The van der Waals surface area contributed by atoms with Gasteiger partial charge in [0.25, 0.3) is 0 Å². The van der Waals surface area contributed by atoms with Crippen LogP contribution >= 0.6 is 12.4 Å². The second kappa shape index (κ2) is 6.67. The lowest BCUT2D eigenvalue weighted by atomic mass is 9.85. The number of carbonyl (C=O) groups excluding carboxylic acids is 1. The molecule has 2 aliphatic rings. The van der Waals surface area contributed by atoms with Crippen LogP contribution in [0.2, 0.25) is 0 Å². The number of ether oxygens (including phenoxy) is 1. The molecule has 21 heavy (non-hydrogen) atoms. The monoisotopic (exact) mass is 310 g/mol. The van der Waals surface area contributed by atoms with E-state index in [1.165, 1.54) is 5.56 Å². The van der Waals surface area contributed by atoms with Gasteiger partial charge in [0.1, 0.15) is 5.75 Å². The molecule has 1 aliphatic carbocycles. The molecule has 0 spiro atoms. The molecule has 5 heteroatoms. The quantitative estimate of drug-likeness (QED) is 0.913. The number of amides is 1. The Kier molecular flexibility index (Phi) is 5.12. The summed E-state index contributed by atoms with van der Waals surface area (Å²) in [5.74, 6) is 1.22. The molecule has 0 aromatic heterocycles. The standard InChI is InChI=1S/C16H22N2O2.ClH/c1-20-14-5-6-15-11(10-14)7-8-18(15)16(19)12-3-2-4-13(17)9-12;/h5-6,10,12-13H,2-4,7-9,17H2,1H3;1H. The van der Waals surface area contributed by atoms with Crippen LogP contribution in [0.25, 0.3) is 0 Å².